The van der Waals surface area contributed by atoms with Gasteiger partial charge in [0.2, 0.25) is 0 Å². The second kappa shape index (κ2) is 3.33. The number of para-hydroxylation sites is 1. The van der Waals surface area contributed by atoms with Crippen LogP contribution in [0.3, 0.4) is 0 Å². The molecule has 0 aliphatic carbocycles. The van der Waals surface area contributed by atoms with Gasteiger partial charge in [0.25, 0.3) is 0 Å². The van der Waals surface area contributed by atoms with Crippen molar-refractivity contribution in [3.8, 4) is 0 Å². The molecule has 0 amide bonds. The van der Waals surface area contributed by atoms with Gasteiger partial charge in [0.05, 0.1) is 6.42 Å². The number of nitrogens with one attached hydrogen (secondary N) is 1. The van der Waals surface area contributed by atoms with Crippen LogP contribution in [-0.2, 0) is 11.2 Å². The Hall–Kier alpha value is -1.51. The van der Waals surface area contributed by atoms with Crippen LogP contribution in [0.25, 0.3) is 0 Å². The molecule has 1 unspecified atom stereocenters. The molecule has 1 aliphatic heterocycles. The number of fused-ring (bicyclic) bond motifs is 1. The summed E-state index contributed by atoms with van der Waals surface area (Å²) in [4.78, 5) is 10.6. The first kappa shape index (κ1) is 9.06. The monoisotopic (exact) mass is 191 g/mol. The molecule has 1 heterocycles. The van der Waals surface area contributed by atoms with Crippen LogP contribution >= 0.6 is 0 Å². The number of aryl methyl sites for hydroxylation is 1. The molecule has 0 aromatic heterocycles. The van der Waals surface area contributed by atoms with E-state index in [2.05, 4.69) is 11.4 Å². The number of carbonyl (C=O) groups is 1. The fourth-order valence-electron chi connectivity index (χ4n) is 1.96. The van der Waals surface area contributed by atoms with Gasteiger partial charge in [-0.25, -0.2) is 0 Å². The number of carboxylic acids is 1. The molecule has 0 saturated heterocycles. The molecule has 2 rings (SSSR count). The normalized spacial score (nSPS) is 18.8. The van der Waals surface area contributed by atoms with Gasteiger partial charge in [0, 0.05) is 11.7 Å². The summed E-state index contributed by atoms with van der Waals surface area (Å²) in [6.07, 6.45) is 1.01. The lowest BCUT2D eigenvalue weighted by molar-refractivity contribution is -0.137. The standard InChI is InChI=1S/C11H13NO2/c1-7-3-2-4-8-5-9(6-10(13)14)12-11(7)8/h2-4,9,12H,5-6H2,1H3,(H,13,14). The third-order valence-corrected chi connectivity index (χ3v) is 2.59. The van der Waals surface area contributed by atoms with E-state index in [1.807, 2.05) is 19.1 Å². The minimum Gasteiger partial charge on any atom is -0.481 e. The van der Waals surface area contributed by atoms with Crippen molar-refractivity contribution in [2.75, 3.05) is 5.32 Å². The van der Waals surface area contributed by atoms with E-state index >= 15 is 0 Å². The van der Waals surface area contributed by atoms with E-state index in [0.29, 0.717) is 0 Å². The third kappa shape index (κ3) is 1.58. The Kier molecular flexibility index (Phi) is 2.15. The van der Waals surface area contributed by atoms with Crippen LogP contribution in [0, 0.1) is 6.92 Å². The van der Waals surface area contributed by atoms with Gasteiger partial charge in [-0.2, -0.15) is 0 Å². The zero-order valence-corrected chi connectivity index (χ0v) is 8.08. The van der Waals surface area contributed by atoms with Crippen molar-refractivity contribution in [1.82, 2.24) is 0 Å². The zero-order chi connectivity index (χ0) is 10.1. The maximum Gasteiger partial charge on any atom is 0.305 e. The maximum absolute atomic E-state index is 10.6. The number of rotatable bonds is 2. The number of aliphatic carboxylic acids is 1. The van der Waals surface area contributed by atoms with E-state index in [1.54, 1.807) is 0 Å². The van der Waals surface area contributed by atoms with Crippen molar-refractivity contribution in [2.45, 2.75) is 25.8 Å². The van der Waals surface area contributed by atoms with Gasteiger partial charge < -0.3 is 10.4 Å². The minimum atomic E-state index is -0.743. The highest BCUT2D eigenvalue weighted by Gasteiger charge is 2.23. The van der Waals surface area contributed by atoms with E-state index in [0.717, 1.165) is 12.1 Å². The number of hydrogen-bond acceptors (Lipinski definition) is 2. The molecule has 74 valence electrons. The predicted octanol–water partition coefficient (Wildman–Crippen LogP) is 1.81. The van der Waals surface area contributed by atoms with E-state index in [9.17, 15) is 4.79 Å². The van der Waals surface area contributed by atoms with Gasteiger partial charge in [-0.05, 0) is 24.5 Å². The Labute approximate surface area is 82.8 Å². The number of hydrogen-bond donors (Lipinski definition) is 2. The van der Waals surface area contributed by atoms with Crippen molar-refractivity contribution in [2.24, 2.45) is 0 Å². The summed E-state index contributed by atoms with van der Waals surface area (Å²) in [6, 6.07) is 6.16. The van der Waals surface area contributed by atoms with Crippen molar-refractivity contribution < 1.29 is 9.90 Å². The fraction of sp³-hybridized carbons (Fsp3) is 0.364. The van der Waals surface area contributed by atoms with Crippen LogP contribution in [0.5, 0.6) is 0 Å². The quantitative estimate of drug-likeness (QED) is 0.749. The Bertz CT molecular complexity index is 374. The highest BCUT2D eigenvalue weighted by atomic mass is 16.4. The van der Waals surface area contributed by atoms with Gasteiger partial charge >= 0.3 is 5.97 Å². The molecule has 0 bridgehead atoms. The number of benzene rings is 1. The Morgan fingerprint density at radius 3 is 3.07 bits per heavy atom. The van der Waals surface area contributed by atoms with Crippen LogP contribution in [0.15, 0.2) is 18.2 Å². The van der Waals surface area contributed by atoms with Crippen molar-refractivity contribution in [3.63, 3.8) is 0 Å². The van der Waals surface area contributed by atoms with Crippen LogP contribution in [0.1, 0.15) is 17.5 Å². The first-order valence-electron chi connectivity index (χ1n) is 4.73. The van der Waals surface area contributed by atoms with Gasteiger partial charge in [0.1, 0.15) is 0 Å². The summed E-state index contributed by atoms with van der Waals surface area (Å²) in [5.41, 5.74) is 3.55. The van der Waals surface area contributed by atoms with Crippen LogP contribution in [0.2, 0.25) is 0 Å². The predicted molar refractivity (Wildman–Crippen MR) is 54.5 cm³/mol. The molecule has 2 N–H and O–H groups in total. The molecule has 14 heavy (non-hydrogen) atoms. The second-order valence-corrected chi connectivity index (χ2v) is 3.75. The summed E-state index contributed by atoms with van der Waals surface area (Å²) in [5.74, 6) is -0.743. The highest BCUT2D eigenvalue weighted by Crippen LogP contribution is 2.29. The Morgan fingerprint density at radius 1 is 1.64 bits per heavy atom. The topological polar surface area (TPSA) is 49.3 Å². The molecule has 0 fully saturated rings. The van der Waals surface area contributed by atoms with Gasteiger partial charge in [-0.1, -0.05) is 18.2 Å². The van der Waals surface area contributed by atoms with Gasteiger partial charge in [-0.3, -0.25) is 4.79 Å². The number of carboxylic acid groups (broad SMARTS) is 1. The molecule has 0 radical (unpaired) electrons. The SMILES string of the molecule is Cc1cccc2c1NC(CC(=O)O)C2. The Balaban J connectivity index is 2.18. The lowest BCUT2D eigenvalue weighted by Gasteiger charge is -2.08. The summed E-state index contributed by atoms with van der Waals surface area (Å²) in [5, 5.41) is 11.9. The molecule has 1 aromatic carbocycles. The first-order valence-corrected chi connectivity index (χ1v) is 4.73. The summed E-state index contributed by atoms with van der Waals surface area (Å²) in [7, 11) is 0. The maximum atomic E-state index is 10.6. The van der Waals surface area contributed by atoms with E-state index < -0.39 is 5.97 Å². The van der Waals surface area contributed by atoms with Crippen molar-refractivity contribution in [3.05, 3.63) is 29.3 Å². The van der Waals surface area contributed by atoms with Crippen LogP contribution in [-0.4, -0.2) is 17.1 Å². The molecule has 0 saturated carbocycles. The second-order valence-electron chi connectivity index (χ2n) is 3.75. The first-order chi connectivity index (χ1) is 6.66. The summed E-state index contributed by atoms with van der Waals surface area (Å²) < 4.78 is 0. The molecular formula is C11H13NO2. The third-order valence-electron chi connectivity index (χ3n) is 2.59. The largest absolute Gasteiger partial charge is 0.481 e. The molecule has 1 aliphatic rings. The molecular weight excluding hydrogens is 178 g/mol. The fourth-order valence-corrected chi connectivity index (χ4v) is 1.96. The average Bonchev–Trinajstić information content (AvgIpc) is 2.47. The number of anilines is 1. The average molecular weight is 191 g/mol. The van der Waals surface area contributed by atoms with E-state index in [-0.39, 0.29) is 12.5 Å². The van der Waals surface area contributed by atoms with Gasteiger partial charge in [0.15, 0.2) is 0 Å². The smallest absolute Gasteiger partial charge is 0.305 e. The zero-order valence-electron chi connectivity index (χ0n) is 8.08. The van der Waals surface area contributed by atoms with E-state index in [1.165, 1.54) is 11.1 Å². The molecule has 1 atom stereocenters. The summed E-state index contributed by atoms with van der Waals surface area (Å²) in [6.45, 7) is 2.04. The van der Waals surface area contributed by atoms with Crippen LogP contribution < -0.4 is 5.32 Å². The Morgan fingerprint density at radius 2 is 2.43 bits per heavy atom. The van der Waals surface area contributed by atoms with E-state index in [4.69, 9.17) is 5.11 Å². The lowest BCUT2D eigenvalue weighted by Crippen LogP contribution is -2.19. The molecule has 0 spiro atoms. The van der Waals surface area contributed by atoms with Crippen LogP contribution in [0.4, 0.5) is 5.69 Å². The van der Waals surface area contributed by atoms with Crippen molar-refractivity contribution >= 4 is 11.7 Å². The van der Waals surface area contributed by atoms with Crippen molar-refractivity contribution in [1.29, 1.82) is 0 Å². The minimum absolute atomic E-state index is 0.0589. The lowest BCUT2D eigenvalue weighted by atomic mass is 10.1. The molecule has 3 heteroatoms. The molecule has 1 aromatic rings. The summed E-state index contributed by atoms with van der Waals surface area (Å²) >= 11 is 0. The molecule has 3 nitrogen and oxygen atoms in total. The highest BCUT2D eigenvalue weighted by molar-refractivity contribution is 5.70. The van der Waals surface area contributed by atoms with Gasteiger partial charge in [-0.15, -0.1) is 0 Å².